The fourth-order valence-electron chi connectivity index (χ4n) is 2.73. The van der Waals surface area contributed by atoms with E-state index in [-0.39, 0.29) is 10.8 Å². The van der Waals surface area contributed by atoms with Crippen molar-refractivity contribution in [1.29, 1.82) is 0 Å². The van der Waals surface area contributed by atoms with Gasteiger partial charge in [0.25, 0.3) is 0 Å². The second-order valence-corrected chi connectivity index (χ2v) is 7.01. The second-order valence-electron chi connectivity index (χ2n) is 7.01. The van der Waals surface area contributed by atoms with Crippen LogP contribution in [0.25, 0.3) is 0 Å². The van der Waals surface area contributed by atoms with E-state index in [0.717, 1.165) is 19.3 Å². The summed E-state index contributed by atoms with van der Waals surface area (Å²) in [7, 11) is 0. The topological polar surface area (TPSA) is 37.3 Å². The average molecular weight is 254 g/mol. The van der Waals surface area contributed by atoms with Crippen molar-refractivity contribution in [3.63, 3.8) is 0 Å². The van der Waals surface area contributed by atoms with Gasteiger partial charge in [0, 0.05) is 5.41 Å². The molecule has 0 aliphatic heterocycles. The minimum Gasteiger partial charge on any atom is -0.390 e. The maximum Gasteiger partial charge on any atom is 0.135 e. The van der Waals surface area contributed by atoms with Crippen LogP contribution in [0.3, 0.4) is 0 Å². The first-order valence-corrected chi connectivity index (χ1v) is 7.40. The van der Waals surface area contributed by atoms with Crippen LogP contribution in [0.15, 0.2) is 0 Å². The Morgan fingerprint density at radius 3 is 1.67 bits per heavy atom. The summed E-state index contributed by atoms with van der Waals surface area (Å²) in [4.78, 5) is 10.7. The smallest absolute Gasteiger partial charge is 0.135 e. The standard InChI is InChI=1S/C9H18O.C7H12O/c1-4-9(3,10)8(2)6-5-7-8;1-6(8)7(2)4-3-5-7/h10H,4-7H2,1-3H3;3-5H2,1-2H3. The van der Waals surface area contributed by atoms with Crippen LogP contribution in [0.5, 0.6) is 0 Å². The van der Waals surface area contributed by atoms with Gasteiger partial charge in [-0.05, 0) is 51.4 Å². The highest BCUT2D eigenvalue weighted by atomic mass is 16.3. The van der Waals surface area contributed by atoms with Crippen LogP contribution in [0.4, 0.5) is 0 Å². The first-order chi connectivity index (χ1) is 8.17. The molecule has 2 saturated carbocycles. The van der Waals surface area contributed by atoms with Gasteiger partial charge in [-0.1, -0.05) is 33.6 Å². The lowest BCUT2D eigenvalue weighted by molar-refractivity contribution is -0.129. The van der Waals surface area contributed by atoms with Crippen LogP contribution in [-0.4, -0.2) is 16.5 Å². The van der Waals surface area contributed by atoms with Crippen molar-refractivity contribution in [3.05, 3.63) is 0 Å². The molecule has 0 bridgehead atoms. The predicted molar refractivity (Wildman–Crippen MR) is 75.5 cm³/mol. The molecule has 0 spiro atoms. The lowest BCUT2D eigenvalue weighted by Gasteiger charge is -2.49. The third kappa shape index (κ3) is 2.96. The van der Waals surface area contributed by atoms with E-state index in [1.165, 1.54) is 25.7 Å². The molecule has 0 saturated heterocycles. The molecule has 2 aliphatic carbocycles. The third-order valence-corrected chi connectivity index (χ3v) is 5.75. The van der Waals surface area contributed by atoms with Crippen molar-refractivity contribution >= 4 is 5.78 Å². The van der Waals surface area contributed by atoms with Crippen molar-refractivity contribution < 1.29 is 9.90 Å². The third-order valence-electron chi connectivity index (χ3n) is 5.75. The van der Waals surface area contributed by atoms with Gasteiger partial charge >= 0.3 is 0 Å². The van der Waals surface area contributed by atoms with Gasteiger partial charge in [-0.15, -0.1) is 0 Å². The van der Waals surface area contributed by atoms with Gasteiger partial charge in [-0.2, -0.15) is 0 Å². The molecule has 2 rings (SSSR count). The highest BCUT2D eigenvalue weighted by Crippen LogP contribution is 2.49. The number of hydrogen-bond acceptors (Lipinski definition) is 2. The Balaban J connectivity index is 0.000000184. The van der Waals surface area contributed by atoms with E-state index >= 15 is 0 Å². The van der Waals surface area contributed by atoms with E-state index in [2.05, 4.69) is 20.8 Å². The Morgan fingerprint density at radius 1 is 1.17 bits per heavy atom. The molecule has 0 amide bonds. The number of rotatable bonds is 3. The van der Waals surface area contributed by atoms with Crippen molar-refractivity contribution in [3.8, 4) is 0 Å². The zero-order chi connectivity index (χ0) is 14.0. The molecular formula is C16H30O2. The van der Waals surface area contributed by atoms with Crippen molar-refractivity contribution in [1.82, 2.24) is 0 Å². The predicted octanol–water partition coefficient (Wildman–Crippen LogP) is 4.10. The molecule has 2 heteroatoms. The number of aliphatic hydroxyl groups is 1. The maximum absolute atomic E-state index is 10.7. The Bertz CT molecular complexity index is 287. The molecule has 106 valence electrons. The Morgan fingerprint density at radius 2 is 1.61 bits per heavy atom. The van der Waals surface area contributed by atoms with Gasteiger partial charge in [-0.3, -0.25) is 4.79 Å². The SMILES string of the molecule is CC(=O)C1(C)CCC1.CCC(C)(O)C1(C)CCC1. The maximum atomic E-state index is 10.7. The van der Waals surface area contributed by atoms with Crippen molar-refractivity contribution in [2.24, 2.45) is 10.8 Å². The number of ketones is 1. The highest BCUT2D eigenvalue weighted by Gasteiger charge is 2.45. The molecular weight excluding hydrogens is 224 g/mol. The summed E-state index contributed by atoms with van der Waals surface area (Å²) in [5.74, 6) is 0.365. The molecule has 1 atom stereocenters. The molecule has 2 nitrogen and oxygen atoms in total. The summed E-state index contributed by atoms with van der Waals surface area (Å²) in [5.41, 5.74) is -0.118. The second kappa shape index (κ2) is 5.32. The summed E-state index contributed by atoms with van der Waals surface area (Å²) in [6.07, 6.45) is 8.05. The first kappa shape index (κ1) is 15.7. The van der Waals surface area contributed by atoms with E-state index in [1.807, 2.05) is 6.92 Å². The van der Waals surface area contributed by atoms with Gasteiger partial charge < -0.3 is 5.11 Å². The summed E-state index contributed by atoms with van der Waals surface area (Å²) < 4.78 is 0. The molecule has 2 aliphatic rings. The normalized spacial score (nSPS) is 26.8. The number of carbonyl (C=O) groups is 1. The zero-order valence-corrected chi connectivity index (χ0v) is 12.8. The van der Waals surface area contributed by atoms with Gasteiger partial charge in [0.2, 0.25) is 0 Å². The molecule has 18 heavy (non-hydrogen) atoms. The minimum absolute atomic E-state index is 0.0833. The highest BCUT2D eigenvalue weighted by molar-refractivity contribution is 5.82. The van der Waals surface area contributed by atoms with E-state index in [4.69, 9.17) is 0 Å². The monoisotopic (exact) mass is 254 g/mol. The van der Waals surface area contributed by atoms with Crippen LogP contribution < -0.4 is 0 Å². The van der Waals surface area contributed by atoms with Gasteiger partial charge in [0.1, 0.15) is 5.78 Å². The van der Waals surface area contributed by atoms with Crippen LogP contribution >= 0.6 is 0 Å². The zero-order valence-electron chi connectivity index (χ0n) is 12.8. The Kier molecular flexibility index (Phi) is 4.64. The fraction of sp³-hybridized carbons (Fsp3) is 0.938. The van der Waals surface area contributed by atoms with Crippen LogP contribution in [-0.2, 0) is 4.79 Å². The molecule has 0 aromatic heterocycles. The van der Waals surface area contributed by atoms with E-state index in [1.54, 1.807) is 6.92 Å². The molecule has 0 aromatic carbocycles. The lowest BCUT2D eigenvalue weighted by atomic mass is 9.60. The van der Waals surface area contributed by atoms with Gasteiger partial charge in [0.15, 0.2) is 0 Å². The van der Waals surface area contributed by atoms with Gasteiger partial charge in [0.05, 0.1) is 5.60 Å². The summed E-state index contributed by atoms with van der Waals surface area (Å²) >= 11 is 0. The van der Waals surface area contributed by atoms with E-state index in [9.17, 15) is 9.90 Å². The fourth-order valence-corrected chi connectivity index (χ4v) is 2.73. The van der Waals surface area contributed by atoms with Gasteiger partial charge in [-0.25, -0.2) is 0 Å². The van der Waals surface area contributed by atoms with Crippen LogP contribution in [0, 0.1) is 10.8 Å². The number of carbonyl (C=O) groups excluding carboxylic acids is 1. The molecule has 2 fully saturated rings. The Labute approximate surface area is 112 Å². The number of Topliss-reactive ketones (excluding diaryl/α,β-unsaturated/α-hetero) is 1. The first-order valence-electron chi connectivity index (χ1n) is 7.40. The molecule has 1 unspecified atom stereocenters. The van der Waals surface area contributed by atoms with Crippen molar-refractivity contribution in [2.45, 2.75) is 85.2 Å². The largest absolute Gasteiger partial charge is 0.390 e. The molecule has 0 aromatic rings. The van der Waals surface area contributed by atoms with Crippen LogP contribution in [0.2, 0.25) is 0 Å². The molecule has 1 N–H and O–H groups in total. The summed E-state index contributed by atoms with van der Waals surface area (Å²) in [6, 6.07) is 0. The molecule has 0 heterocycles. The lowest BCUT2D eigenvalue weighted by Crippen LogP contribution is -2.47. The summed E-state index contributed by atoms with van der Waals surface area (Å²) in [5, 5.41) is 9.90. The van der Waals surface area contributed by atoms with Crippen molar-refractivity contribution in [2.75, 3.05) is 0 Å². The number of hydrogen-bond donors (Lipinski definition) is 1. The van der Waals surface area contributed by atoms with E-state index < -0.39 is 5.60 Å². The molecule has 0 radical (unpaired) electrons. The Hall–Kier alpha value is -0.370. The average Bonchev–Trinajstić information content (AvgIpc) is 2.23. The minimum atomic E-state index is -0.425. The van der Waals surface area contributed by atoms with E-state index in [0.29, 0.717) is 5.78 Å². The summed E-state index contributed by atoms with van der Waals surface area (Å²) in [6.45, 7) is 9.97. The quantitative estimate of drug-likeness (QED) is 0.823. The van der Waals surface area contributed by atoms with Crippen LogP contribution in [0.1, 0.15) is 79.6 Å².